The van der Waals surface area contributed by atoms with Crippen LogP contribution in [0.5, 0.6) is 0 Å². The molecule has 2 rings (SSSR count). The summed E-state index contributed by atoms with van der Waals surface area (Å²) >= 11 is 0. The van der Waals surface area contributed by atoms with E-state index in [2.05, 4.69) is 5.32 Å². The molecule has 17 heavy (non-hydrogen) atoms. The van der Waals surface area contributed by atoms with Crippen LogP contribution in [0.3, 0.4) is 0 Å². The van der Waals surface area contributed by atoms with Gasteiger partial charge >= 0.3 is 5.97 Å². The van der Waals surface area contributed by atoms with E-state index in [1.807, 2.05) is 19.1 Å². The molecule has 0 spiro atoms. The normalized spacial score (nSPS) is 10.6. The Kier molecular flexibility index (Phi) is 3.30. The Balaban J connectivity index is 1.83. The quantitative estimate of drug-likeness (QED) is 0.830. The van der Waals surface area contributed by atoms with Gasteiger partial charge in [-0.05, 0) is 31.2 Å². The van der Waals surface area contributed by atoms with Gasteiger partial charge in [0.15, 0.2) is 0 Å². The molecule has 0 saturated heterocycles. The third kappa shape index (κ3) is 2.98. The molecule has 0 unspecified atom stereocenters. The Morgan fingerprint density at radius 3 is 2.35 bits per heavy atom. The summed E-state index contributed by atoms with van der Waals surface area (Å²) in [5.74, 6) is 1.19. The average molecular weight is 235 g/mol. The topological polar surface area (TPSA) is 75.6 Å². The van der Waals surface area contributed by atoms with Crippen LogP contribution in [0.25, 0.3) is 0 Å². The zero-order valence-electron chi connectivity index (χ0n) is 9.40. The highest BCUT2D eigenvalue weighted by molar-refractivity contribution is 5.84. The highest BCUT2D eigenvalue weighted by atomic mass is 16.4. The summed E-state index contributed by atoms with van der Waals surface area (Å²) in [5, 5.41) is 11.8. The van der Waals surface area contributed by atoms with Crippen LogP contribution in [0, 0.1) is 6.92 Å². The second-order valence-electron chi connectivity index (χ2n) is 3.69. The molecular weight excluding hydrogens is 222 g/mol. The van der Waals surface area contributed by atoms with Crippen molar-refractivity contribution in [1.29, 1.82) is 0 Å². The van der Waals surface area contributed by atoms with Crippen LogP contribution in [0.2, 0.25) is 0 Å². The van der Waals surface area contributed by atoms with Crippen molar-refractivity contribution >= 4 is 5.97 Å². The monoisotopic (exact) mass is 235 g/mol. The van der Waals surface area contributed by atoms with Gasteiger partial charge < -0.3 is 19.3 Å². The Labute approximate surface area is 98.0 Å². The smallest absolute Gasteiger partial charge is 0.371 e. The Bertz CT molecular complexity index is 512. The molecule has 2 heterocycles. The SMILES string of the molecule is Cc1ccc(CNCc2ccc(C(=O)O)o2)o1. The van der Waals surface area contributed by atoms with Crippen LogP contribution in [0.15, 0.2) is 33.1 Å². The first-order chi connectivity index (χ1) is 8.15. The maximum Gasteiger partial charge on any atom is 0.371 e. The number of carboxylic acid groups (broad SMARTS) is 1. The van der Waals surface area contributed by atoms with Gasteiger partial charge in [0.25, 0.3) is 0 Å². The first-order valence-electron chi connectivity index (χ1n) is 5.23. The minimum absolute atomic E-state index is 0.0457. The molecule has 0 saturated carbocycles. The Morgan fingerprint density at radius 1 is 1.18 bits per heavy atom. The van der Waals surface area contributed by atoms with Crippen molar-refractivity contribution in [2.75, 3.05) is 0 Å². The zero-order chi connectivity index (χ0) is 12.3. The van der Waals surface area contributed by atoms with Crippen molar-refractivity contribution in [1.82, 2.24) is 5.32 Å². The number of carboxylic acids is 1. The van der Waals surface area contributed by atoms with Crippen LogP contribution in [0.4, 0.5) is 0 Å². The second kappa shape index (κ2) is 4.88. The van der Waals surface area contributed by atoms with Gasteiger partial charge in [-0.15, -0.1) is 0 Å². The average Bonchev–Trinajstić information content (AvgIpc) is 2.88. The van der Waals surface area contributed by atoms with E-state index in [0.717, 1.165) is 11.5 Å². The number of nitrogens with one attached hydrogen (secondary N) is 1. The zero-order valence-corrected chi connectivity index (χ0v) is 9.40. The van der Waals surface area contributed by atoms with Gasteiger partial charge in [-0.2, -0.15) is 0 Å². The van der Waals surface area contributed by atoms with E-state index in [9.17, 15) is 4.79 Å². The first kappa shape index (κ1) is 11.5. The minimum Gasteiger partial charge on any atom is -0.475 e. The number of aryl methyl sites for hydroxylation is 1. The van der Waals surface area contributed by atoms with E-state index < -0.39 is 5.97 Å². The number of furan rings is 2. The lowest BCUT2D eigenvalue weighted by molar-refractivity contribution is 0.0660. The van der Waals surface area contributed by atoms with Crippen LogP contribution >= 0.6 is 0 Å². The summed E-state index contributed by atoms with van der Waals surface area (Å²) in [5.41, 5.74) is 0. The molecule has 2 N–H and O–H groups in total. The Hall–Kier alpha value is -2.01. The van der Waals surface area contributed by atoms with Crippen LogP contribution in [0.1, 0.15) is 27.8 Å². The van der Waals surface area contributed by atoms with Crippen molar-refractivity contribution in [3.05, 3.63) is 47.3 Å². The van der Waals surface area contributed by atoms with Crippen molar-refractivity contribution < 1.29 is 18.7 Å². The summed E-state index contributed by atoms with van der Waals surface area (Å²) in [6, 6.07) is 6.87. The van der Waals surface area contributed by atoms with Gasteiger partial charge in [0.05, 0.1) is 13.1 Å². The van der Waals surface area contributed by atoms with Crippen molar-refractivity contribution in [3.63, 3.8) is 0 Å². The van der Waals surface area contributed by atoms with Crippen LogP contribution in [-0.4, -0.2) is 11.1 Å². The van der Waals surface area contributed by atoms with Crippen LogP contribution < -0.4 is 5.32 Å². The molecule has 2 aromatic heterocycles. The molecule has 5 heteroatoms. The number of hydrogen-bond acceptors (Lipinski definition) is 4. The lowest BCUT2D eigenvalue weighted by Crippen LogP contribution is -2.11. The number of aromatic carboxylic acids is 1. The van der Waals surface area contributed by atoms with Crippen molar-refractivity contribution in [3.8, 4) is 0 Å². The molecular formula is C12H13NO4. The standard InChI is InChI=1S/C12H13NO4/c1-8-2-3-9(16-8)6-13-7-10-4-5-11(17-10)12(14)15/h2-5,13H,6-7H2,1H3,(H,14,15). The largest absolute Gasteiger partial charge is 0.475 e. The minimum atomic E-state index is -1.06. The van der Waals surface area contributed by atoms with E-state index in [4.69, 9.17) is 13.9 Å². The fourth-order valence-corrected chi connectivity index (χ4v) is 1.48. The third-order valence-electron chi connectivity index (χ3n) is 2.27. The van der Waals surface area contributed by atoms with Gasteiger partial charge in [-0.3, -0.25) is 0 Å². The fourth-order valence-electron chi connectivity index (χ4n) is 1.48. The molecule has 0 radical (unpaired) electrons. The fraction of sp³-hybridized carbons (Fsp3) is 0.250. The third-order valence-corrected chi connectivity index (χ3v) is 2.27. The molecule has 5 nitrogen and oxygen atoms in total. The summed E-state index contributed by atoms with van der Waals surface area (Å²) in [7, 11) is 0. The summed E-state index contributed by atoms with van der Waals surface area (Å²) in [6.45, 7) is 2.93. The van der Waals surface area contributed by atoms with Crippen molar-refractivity contribution in [2.24, 2.45) is 0 Å². The van der Waals surface area contributed by atoms with E-state index in [-0.39, 0.29) is 5.76 Å². The second-order valence-corrected chi connectivity index (χ2v) is 3.69. The maximum atomic E-state index is 10.6. The summed E-state index contributed by atoms with van der Waals surface area (Å²) < 4.78 is 10.5. The highest BCUT2D eigenvalue weighted by Crippen LogP contribution is 2.09. The van der Waals surface area contributed by atoms with Crippen molar-refractivity contribution in [2.45, 2.75) is 20.0 Å². The highest BCUT2D eigenvalue weighted by Gasteiger charge is 2.08. The lowest BCUT2D eigenvalue weighted by Gasteiger charge is -1.99. The number of carbonyl (C=O) groups is 1. The molecule has 90 valence electrons. The van der Waals surface area contributed by atoms with E-state index in [1.54, 1.807) is 6.07 Å². The molecule has 0 aliphatic carbocycles. The molecule has 0 atom stereocenters. The van der Waals surface area contributed by atoms with Gasteiger partial charge in [-0.1, -0.05) is 0 Å². The Morgan fingerprint density at radius 2 is 1.82 bits per heavy atom. The molecule has 0 fully saturated rings. The molecule has 0 aliphatic heterocycles. The van der Waals surface area contributed by atoms with Gasteiger partial charge in [0, 0.05) is 0 Å². The van der Waals surface area contributed by atoms with Crippen LogP contribution in [-0.2, 0) is 13.1 Å². The molecule has 0 bridgehead atoms. The predicted molar refractivity (Wildman–Crippen MR) is 59.7 cm³/mol. The molecule has 2 aromatic rings. The van der Waals surface area contributed by atoms with Gasteiger partial charge in [-0.25, -0.2) is 4.79 Å². The molecule has 0 amide bonds. The summed E-state index contributed by atoms with van der Waals surface area (Å²) in [4.78, 5) is 10.6. The van der Waals surface area contributed by atoms with Gasteiger partial charge in [0.2, 0.25) is 5.76 Å². The summed E-state index contributed by atoms with van der Waals surface area (Å²) in [6.07, 6.45) is 0. The number of hydrogen-bond donors (Lipinski definition) is 2. The van der Waals surface area contributed by atoms with E-state index >= 15 is 0 Å². The molecule has 0 aromatic carbocycles. The first-order valence-corrected chi connectivity index (χ1v) is 5.23. The predicted octanol–water partition coefficient (Wildman–Crippen LogP) is 2.17. The van der Waals surface area contributed by atoms with E-state index in [0.29, 0.717) is 18.8 Å². The van der Waals surface area contributed by atoms with Gasteiger partial charge in [0.1, 0.15) is 17.3 Å². The maximum absolute atomic E-state index is 10.6. The number of rotatable bonds is 5. The molecule has 0 aliphatic rings. The van der Waals surface area contributed by atoms with E-state index in [1.165, 1.54) is 6.07 Å². The lowest BCUT2D eigenvalue weighted by atomic mass is 10.4.